The molecule has 1 amide bonds. The average Bonchev–Trinajstić information content (AvgIpc) is 3.23. The third kappa shape index (κ3) is 4.45. The zero-order valence-electron chi connectivity index (χ0n) is 17.5. The molecule has 0 spiro atoms. The maximum Gasteiger partial charge on any atom is 0.259 e. The third-order valence-electron chi connectivity index (χ3n) is 4.99. The highest BCUT2D eigenvalue weighted by Crippen LogP contribution is 2.22. The molecule has 0 unspecified atom stereocenters. The summed E-state index contributed by atoms with van der Waals surface area (Å²) in [6, 6.07) is 16.6. The summed E-state index contributed by atoms with van der Waals surface area (Å²) in [5, 5.41) is 6.93. The summed E-state index contributed by atoms with van der Waals surface area (Å²) in [6.07, 6.45) is 1.56. The molecule has 0 fully saturated rings. The van der Waals surface area contributed by atoms with Crippen molar-refractivity contribution in [1.82, 2.24) is 14.7 Å². The van der Waals surface area contributed by atoms with Gasteiger partial charge in [0.05, 0.1) is 5.56 Å². The van der Waals surface area contributed by atoms with E-state index in [0.717, 1.165) is 27.9 Å². The molecule has 2 aromatic carbocycles. The molecule has 0 saturated heterocycles. The minimum atomic E-state index is -0.293. The largest absolute Gasteiger partial charge is 0.334 e. The van der Waals surface area contributed by atoms with Crippen molar-refractivity contribution in [2.45, 2.75) is 27.3 Å². The number of benzene rings is 2. The molecule has 1 N–H and O–H groups in total. The quantitative estimate of drug-likeness (QED) is 0.530. The molecule has 0 aliphatic carbocycles. The Hall–Kier alpha value is -4.00. The number of nitrogens with one attached hydrogen (secondary N) is 1. The number of carbonyl (C=O) groups is 1. The van der Waals surface area contributed by atoms with Crippen LogP contribution in [0.2, 0.25) is 0 Å². The van der Waals surface area contributed by atoms with Crippen LogP contribution in [0.3, 0.4) is 0 Å². The normalized spacial score (nSPS) is 10.8. The van der Waals surface area contributed by atoms with Gasteiger partial charge in [0.15, 0.2) is 0 Å². The van der Waals surface area contributed by atoms with Crippen LogP contribution in [0.25, 0.3) is 22.8 Å². The molecule has 2 aromatic heterocycles. The summed E-state index contributed by atoms with van der Waals surface area (Å²) in [4.78, 5) is 29.3. The van der Waals surface area contributed by atoms with Gasteiger partial charge in [0, 0.05) is 23.5 Å². The number of nitrogens with zero attached hydrogens (tertiary/aromatic N) is 3. The Morgan fingerprint density at radius 1 is 1.00 bits per heavy atom. The van der Waals surface area contributed by atoms with Crippen LogP contribution in [0.1, 0.15) is 16.7 Å². The molecule has 0 saturated carbocycles. The minimum Gasteiger partial charge on any atom is -0.334 e. The zero-order chi connectivity index (χ0) is 22.0. The van der Waals surface area contributed by atoms with Crippen molar-refractivity contribution in [2.24, 2.45) is 0 Å². The highest BCUT2D eigenvalue weighted by atomic mass is 16.5. The molecule has 7 nitrogen and oxygen atoms in total. The Morgan fingerprint density at radius 3 is 2.48 bits per heavy atom. The predicted octanol–water partition coefficient (Wildman–Crippen LogP) is 4.13. The van der Waals surface area contributed by atoms with E-state index >= 15 is 0 Å². The van der Waals surface area contributed by atoms with Crippen molar-refractivity contribution >= 4 is 11.6 Å². The van der Waals surface area contributed by atoms with Gasteiger partial charge in [0.2, 0.25) is 11.7 Å². The molecule has 0 atom stereocenters. The van der Waals surface area contributed by atoms with E-state index in [1.807, 2.05) is 63.2 Å². The molecule has 156 valence electrons. The number of hydrogen-bond acceptors (Lipinski definition) is 5. The van der Waals surface area contributed by atoms with Crippen LogP contribution >= 0.6 is 0 Å². The minimum absolute atomic E-state index is 0.126. The van der Waals surface area contributed by atoms with Crippen LogP contribution in [0.5, 0.6) is 0 Å². The van der Waals surface area contributed by atoms with Crippen LogP contribution in [0.15, 0.2) is 70.1 Å². The molecule has 0 bridgehead atoms. The molecule has 0 radical (unpaired) electrons. The van der Waals surface area contributed by atoms with Crippen LogP contribution in [-0.2, 0) is 11.3 Å². The van der Waals surface area contributed by atoms with E-state index in [2.05, 4.69) is 15.5 Å². The van der Waals surface area contributed by atoms with Gasteiger partial charge in [-0.3, -0.25) is 9.59 Å². The predicted molar refractivity (Wildman–Crippen MR) is 119 cm³/mol. The number of pyridine rings is 1. The molecule has 4 rings (SSSR count). The fraction of sp³-hybridized carbons (Fsp3) is 0.167. The summed E-state index contributed by atoms with van der Waals surface area (Å²) in [7, 11) is 0. The first-order chi connectivity index (χ1) is 14.9. The maximum absolute atomic E-state index is 12.6. The van der Waals surface area contributed by atoms with Gasteiger partial charge in [-0.15, -0.1) is 0 Å². The molecule has 0 aliphatic heterocycles. The third-order valence-corrected chi connectivity index (χ3v) is 4.99. The molecule has 0 aliphatic rings. The van der Waals surface area contributed by atoms with E-state index < -0.39 is 0 Å². The van der Waals surface area contributed by atoms with Crippen LogP contribution in [-0.4, -0.2) is 20.6 Å². The first kappa shape index (κ1) is 20.3. The second-order valence-electron chi connectivity index (χ2n) is 7.49. The average molecular weight is 414 g/mol. The van der Waals surface area contributed by atoms with E-state index in [0.29, 0.717) is 11.4 Å². The first-order valence-corrected chi connectivity index (χ1v) is 9.88. The molecule has 31 heavy (non-hydrogen) atoms. The molecule has 2 heterocycles. The lowest BCUT2D eigenvalue weighted by atomic mass is 10.1. The monoisotopic (exact) mass is 414 g/mol. The van der Waals surface area contributed by atoms with Crippen LogP contribution < -0.4 is 10.9 Å². The molecule has 4 aromatic rings. The van der Waals surface area contributed by atoms with Crippen LogP contribution in [0, 0.1) is 20.8 Å². The van der Waals surface area contributed by atoms with Crippen molar-refractivity contribution in [3.63, 3.8) is 0 Å². The van der Waals surface area contributed by atoms with Crippen molar-refractivity contribution < 1.29 is 9.32 Å². The number of para-hydroxylation sites is 1. The van der Waals surface area contributed by atoms with Gasteiger partial charge in [-0.05, 0) is 44.0 Å². The van der Waals surface area contributed by atoms with E-state index in [9.17, 15) is 9.59 Å². The fourth-order valence-electron chi connectivity index (χ4n) is 3.37. The summed E-state index contributed by atoms with van der Waals surface area (Å²) in [5.41, 5.74) is 4.89. The Bertz CT molecular complexity index is 1300. The number of aromatic nitrogens is 3. The van der Waals surface area contributed by atoms with Gasteiger partial charge in [0.1, 0.15) is 6.54 Å². The Balaban J connectivity index is 1.57. The van der Waals surface area contributed by atoms with Gasteiger partial charge < -0.3 is 14.4 Å². The number of amides is 1. The van der Waals surface area contributed by atoms with Gasteiger partial charge in [-0.2, -0.15) is 4.98 Å². The lowest BCUT2D eigenvalue weighted by Crippen LogP contribution is -2.27. The van der Waals surface area contributed by atoms with Gasteiger partial charge in [0.25, 0.3) is 11.4 Å². The van der Waals surface area contributed by atoms with Crippen LogP contribution in [0.4, 0.5) is 5.69 Å². The van der Waals surface area contributed by atoms with Crippen molar-refractivity contribution in [2.75, 3.05) is 5.32 Å². The smallest absolute Gasteiger partial charge is 0.259 e. The van der Waals surface area contributed by atoms with Gasteiger partial charge in [-0.1, -0.05) is 47.1 Å². The van der Waals surface area contributed by atoms with Crippen molar-refractivity contribution in [3.8, 4) is 22.8 Å². The Morgan fingerprint density at radius 2 is 1.74 bits per heavy atom. The maximum atomic E-state index is 12.6. The lowest BCUT2D eigenvalue weighted by molar-refractivity contribution is -0.116. The number of rotatable bonds is 5. The summed E-state index contributed by atoms with van der Waals surface area (Å²) < 4.78 is 6.72. The highest BCUT2D eigenvalue weighted by Gasteiger charge is 2.14. The van der Waals surface area contributed by atoms with E-state index in [1.165, 1.54) is 10.6 Å². The fourth-order valence-corrected chi connectivity index (χ4v) is 3.37. The number of hydrogen-bond donors (Lipinski definition) is 1. The highest BCUT2D eigenvalue weighted by molar-refractivity contribution is 5.92. The zero-order valence-corrected chi connectivity index (χ0v) is 17.5. The summed E-state index contributed by atoms with van der Waals surface area (Å²) in [5.74, 6) is 0.451. The van der Waals surface area contributed by atoms with Gasteiger partial charge >= 0.3 is 0 Å². The standard InChI is InChI=1S/C24H22N4O3/c1-15-6-4-9-18(12-15)23-26-24(31-27-23)19-10-11-21(30)28(13-19)14-20(29)25-22-16(2)7-5-8-17(22)3/h4-13H,14H2,1-3H3,(H,25,29). The SMILES string of the molecule is Cc1cccc(-c2noc(-c3ccc(=O)n(CC(=O)Nc4c(C)cccc4C)c3)n2)c1. The summed E-state index contributed by atoms with van der Waals surface area (Å²) >= 11 is 0. The second kappa shape index (κ2) is 8.39. The number of anilines is 1. The lowest BCUT2D eigenvalue weighted by Gasteiger charge is -2.12. The molecular weight excluding hydrogens is 392 g/mol. The van der Waals surface area contributed by atoms with Crippen molar-refractivity contribution in [1.29, 1.82) is 0 Å². The number of carbonyl (C=O) groups excluding carboxylic acids is 1. The number of aryl methyl sites for hydroxylation is 3. The summed E-state index contributed by atoms with van der Waals surface area (Å²) in [6.45, 7) is 5.72. The van der Waals surface area contributed by atoms with E-state index in [4.69, 9.17) is 4.52 Å². The van der Waals surface area contributed by atoms with Gasteiger partial charge in [-0.25, -0.2) is 0 Å². The topological polar surface area (TPSA) is 90.0 Å². The first-order valence-electron chi connectivity index (χ1n) is 9.88. The van der Waals surface area contributed by atoms with E-state index in [-0.39, 0.29) is 23.9 Å². The Kier molecular flexibility index (Phi) is 5.49. The second-order valence-corrected chi connectivity index (χ2v) is 7.49. The van der Waals surface area contributed by atoms with Crippen molar-refractivity contribution in [3.05, 3.63) is 87.8 Å². The molecule has 7 heteroatoms. The van der Waals surface area contributed by atoms with E-state index in [1.54, 1.807) is 12.3 Å². The Labute approximate surface area is 179 Å². The molecular formula is C24H22N4O3.